The molecule has 0 aliphatic rings. The molecule has 0 saturated heterocycles. The Morgan fingerprint density at radius 3 is 2.65 bits per heavy atom. The Bertz CT molecular complexity index is 534. The molecular formula is C14H13BrF3NO. The molecule has 108 valence electrons. The summed E-state index contributed by atoms with van der Waals surface area (Å²) in [5, 5.41) is 2.52. The maximum atomic E-state index is 12.9. The average molecular weight is 348 g/mol. The molecule has 2 nitrogen and oxygen atoms in total. The number of alkyl halides is 3. The normalized spacial score (nSPS) is 12.6. The first-order valence-corrected chi connectivity index (χ1v) is 6.70. The number of benzene rings is 1. The van der Waals surface area contributed by atoms with E-state index in [9.17, 15) is 18.0 Å². The van der Waals surface area contributed by atoms with Crippen LogP contribution < -0.4 is 5.32 Å². The van der Waals surface area contributed by atoms with Crippen molar-refractivity contribution in [2.45, 2.75) is 32.0 Å². The van der Waals surface area contributed by atoms with Crippen LogP contribution in [0.25, 0.3) is 0 Å². The summed E-state index contributed by atoms with van der Waals surface area (Å²) in [6.45, 7) is 1.80. The standard InChI is InChI=1S/C14H13BrF3NO/c1-3-5-10(4-2)19-13(20)11-7-6-9(15)8-12(11)14(16,17)18/h1,6-8,10H,4-5H2,2H3,(H,19,20). The maximum Gasteiger partial charge on any atom is 0.417 e. The summed E-state index contributed by atoms with van der Waals surface area (Å²) in [5.41, 5.74) is -1.38. The Morgan fingerprint density at radius 2 is 2.15 bits per heavy atom. The van der Waals surface area contributed by atoms with Gasteiger partial charge in [-0.2, -0.15) is 13.2 Å². The number of terminal acetylenes is 1. The van der Waals surface area contributed by atoms with E-state index in [4.69, 9.17) is 6.42 Å². The highest BCUT2D eigenvalue weighted by atomic mass is 79.9. The zero-order chi connectivity index (χ0) is 15.3. The first-order chi connectivity index (χ1) is 9.29. The highest BCUT2D eigenvalue weighted by Gasteiger charge is 2.35. The zero-order valence-corrected chi connectivity index (χ0v) is 12.3. The van der Waals surface area contributed by atoms with Gasteiger partial charge in [-0.15, -0.1) is 12.3 Å². The number of hydrogen-bond donors (Lipinski definition) is 1. The topological polar surface area (TPSA) is 29.1 Å². The molecular weight excluding hydrogens is 335 g/mol. The molecule has 1 aromatic rings. The molecule has 1 atom stereocenters. The maximum absolute atomic E-state index is 12.9. The molecule has 0 aliphatic heterocycles. The fraction of sp³-hybridized carbons (Fsp3) is 0.357. The molecule has 0 aliphatic carbocycles. The lowest BCUT2D eigenvalue weighted by Gasteiger charge is -2.17. The van der Waals surface area contributed by atoms with Gasteiger partial charge in [0, 0.05) is 16.9 Å². The smallest absolute Gasteiger partial charge is 0.348 e. The van der Waals surface area contributed by atoms with E-state index in [-0.39, 0.29) is 16.9 Å². The molecule has 1 rings (SSSR count). The quantitative estimate of drug-likeness (QED) is 0.819. The van der Waals surface area contributed by atoms with Gasteiger partial charge in [-0.1, -0.05) is 22.9 Å². The highest BCUT2D eigenvalue weighted by molar-refractivity contribution is 9.10. The Hall–Kier alpha value is -1.48. The van der Waals surface area contributed by atoms with E-state index in [0.29, 0.717) is 6.42 Å². The van der Waals surface area contributed by atoms with Crippen LogP contribution in [-0.2, 0) is 6.18 Å². The molecule has 1 amide bonds. The monoisotopic (exact) mass is 347 g/mol. The van der Waals surface area contributed by atoms with Crippen LogP contribution in [0.2, 0.25) is 0 Å². The number of nitrogens with one attached hydrogen (secondary N) is 1. The van der Waals surface area contributed by atoms with Crippen molar-refractivity contribution in [2.75, 3.05) is 0 Å². The predicted octanol–water partition coefficient (Wildman–Crippen LogP) is 4.00. The van der Waals surface area contributed by atoms with Crippen molar-refractivity contribution in [3.63, 3.8) is 0 Å². The Labute approximate surface area is 123 Å². The van der Waals surface area contributed by atoms with Crippen molar-refractivity contribution in [1.29, 1.82) is 0 Å². The van der Waals surface area contributed by atoms with Crippen molar-refractivity contribution in [3.05, 3.63) is 33.8 Å². The minimum Gasteiger partial charge on any atom is -0.348 e. The molecule has 0 bridgehead atoms. The second-order valence-electron chi connectivity index (χ2n) is 4.17. The third kappa shape index (κ3) is 4.27. The first-order valence-electron chi connectivity index (χ1n) is 5.90. The minimum absolute atomic E-state index is 0.261. The van der Waals surface area contributed by atoms with Gasteiger partial charge in [0.2, 0.25) is 0 Å². The summed E-state index contributed by atoms with van der Waals surface area (Å²) in [6, 6.07) is 3.09. The Kier molecular flexibility index (Phi) is 5.63. The van der Waals surface area contributed by atoms with Crippen LogP contribution in [0.3, 0.4) is 0 Å². The van der Waals surface area contributed by atoms with Crippen LogP contribution in [0.4, 0.5) is 13.2 Å². The van der Waals surface area contributed by atoms with Gasteiger partial charge in [0.15, 0.2) is 0 Å². The van der Waals surface area contributed by atoms with Crippen LogP contribution >= 0.6 is 15.9 Å². The Balaban J connectivity index is 3.07. The lowest BCUT2D eigenvalue weighted by atomic mass is 10.1. The van der Waals surface area contributed by atoms with Crippen molar-refractivity contribution in [3.8, 4) is 12.3 Å². The summed E-state index contributed by atoms with van der Waals surface area (Å²) >= 11 is 2.97. The molecule has 0 heterocycles. The lowest BCUT2D eigenvalue weighted by molar-refractivity contribution is -0.138. The fourth-order valence-corrected chi connectivity index (χ4v) is 2.01. The number of carbonyl (C=O) groups is 1. The number of hydrogen-bond acceptors (Lipinski definition) is 1. The lowest BCUT2D eigenvalue weighted by Crippen LogP contribution is -2.35. The number of rotatable bonds is 4. The molecule has 0 spiro atoms. The van der Waals surface area contributed by atoms with E-state index in [1.165, 1.54) is 6.07 Å². The van der Waals surface area contributed by atoms with E-state index in [1.54, 1.807) is 6.92 Å². The van der Waals surface area contributed by atoms with Crippen LogP contribution in [0.5, 0.6) is 0 Å². The van der Waals surface area contributed by atoms with Gasteiger partial charge in [0.1, 0.15) is 0 Å². The second kappa shape index (κ2) is 6.80. The summed E-state index contributed by atoms with van der Waals surface area (Å²) < 4.78 is 39.0. The molecule has 6 heteroatoms. The van der Waals surface area contributed by atoms with Crippen molar-refractivity contribution in [1.82, 2.24) is 5.32 Å². The predicted molar refractivity (Wildman–Crippen MR) is 74.1 cm³/mol. The van der Waals surface area contributed by atoms with Crippen LogP contribution in [0, 0.1) is 12.3 Å². The van der Waals surface area contributed by atoms with Gasteiger partial charge in [0.05, 0.1) is 11.1 Å². The van der Waals surface area contributed by atoms with Gasteiger partial charge >= 0.3 is 6.18 Å². The van der Waals surface area contributed by atoms with Crippen LogP contribution in [0.15, 0.2) is 22.7 Å². The van der Waals surface area contributed by atoms with Gasteiger partial charge in [0.25, 0.3) is 5.91 Å². The molecule has 1 unspecified atom stereocenters. The molecule has 0 saturated carbocycles. The Morgan fingerprint density at radius 1 is 1.50 bits per heavy atom. The van der Waals surface area contributed by atoms with E-state index in [0.717, 1.165) is 12.1 Å². The molecule has 1 N–H and O–H groups in total. The summed E-state index contributed by atoms with van der Waals surface area (Å²) in [6.07, 6.45) is 1.39. The third-order valence-electron chi connectivity index (χ3n) is 2.72. The summed E-state index contributed by atoms with van der Waals surface area (Å²) in [5.74, 6) is 1.61. The largest absolute Gasteiger partial charge is 0.417 e. The van der Waals surface area contributed by atoms with E-state index in [2.05, 4.69) is 27.2 Å². The van der Waals surface area contributed by atoms with Crippen molar-refractivity contribution < 1.29 is 18.0 Å². The zero-order valence-electron chi connectivity index (χ0n) is 10.7. The number of halogens is 4. The second-order valence-corrected chi connectivity index (χ2v) is 5.09. The molecule has 0 radical (unpaired) electrons. The van der Waals surface area contributed by atoms with Gasteiger partial charge < -0.3 is 5.32 Å². The van der Waals surface area contributed by atoms with Crippen molar-refractivity contribution >= 4 is 21.8 Å². The van der Waals surface area contributed by atoms with Crippen molar-refractivity contribution in [2.24, 2.45) is 0 Å². The van der Waals surface area contributed by atoms with E-state index >= 15 is 0 Å². The number of carbonyl (C=O) groups excluding carboxylic acids is 1. The van der Waals surface area contributed by atoms with Crippen LogP contribution in [0.1, 0.15) is 35.7 Å². The van der Waals surface area contributed by atoms with E-state index in [1.807, 2.05) is 0 Å². The SMILES string of the molecule is C#CCC(CC)NC(=O)c1ccc(Br)cc1C(F)(F)F. The van der Waals surface area contributed by atoms with E-state index < -0.39 is 23.2 Å². The summed E-state index contributed by atoms with van der Waals surface area (Å²) in [7, 11) is 0. The molecule has 20 heavy (non-hydrogen) atoms. The first kappa shape index (κ1) is 16.6. The molecule has 1 aromatic carbocycles. The molecule has 0 fully saturated rings. The minimum atomic E-state index is -4.59. The average Bonchev–Trinajstić information content (AvgIpc) is 2.36. The molecule has 0 aromatic heterocycles. The van der Waals surface area contributed by atoms with Crippen LogP contribution in [-0.4, -0.2) is 11.9 Å². The highest BCUT2D eigenvalue weighted by Crippen LogP contribution is 2.33. The summed E-state index contributed by atoms with van der Waals surface area (Å²) in [4.78, 5) is 12.0. The fourth-order valence-electron chi connectivity index (χ4n) is 1.65. The number of amides is 1. The van der Waals surface area contributed by atoms with Gasteiger partial charge in [-0.05, 0) is 24.6 Å². The third-order valence-corrected chi connectivity index (χ3v) is 3.22. The van der Waals surface area contributed by atoms with Gasteiger partial charge in [-0.25, -0.2) is 0 Å². The van der Waals surface area contributed by atoms with Gasteiger partial charge in [-0.3, -0.25) is 4.79 Å².